The molecule has 57 heavy (non-hydrogen) atoms. The molecule has 0 saturated heterocycles. The first-order valence-corrected chi connectivity index (χ1v) is 22.2. The Balaban J connectivity index is 1.40. The van der Waals surface area contributed by atoms with Crippen molar-refractivity contribution >= 4 is 57.2 Å². The van der Waals surface area contributed by atoms with E-state index in [-0.39, 0.29) is 28.4 Å². The van der Waals surface area contributed by atoms with Crippen molar-refractivity contribution in [2.45, 2.75) is 156 Å². The molecule has 0 radical (unpaired) electrons. The first kappa shape index (κ1) is 38.3. The van der Waals surface area contributed by atoms with E-state index in [1.54, 1.807) is 22.3 Å². The molecule has 294 valence electrons. The highest BCUT2D eigenvalue weighted by atomic mass is 15.2. The Morgan fingerprint density at radius 3 is 1.33 bits per heavy atom. The summed E-state index contributed by atoms with van der Waals surface area (Å²) in [6, 6.07) is 32.4. The van der Waals surface area contributed by atoms with Gasteiger partial charge in [-0.1, -0.05) is 126 Å². The molecule has 4 aliphatic rings. The van der Waals surface area contributed by atoms with Crippen LogP contribution < -0.4 is 26.2 Å². The predicted octanol–water partition coefficient (Wildman–Crippen LogP) is 12.7. The molecule has 0 bridgehead atoms. The largest absolute Gasteiger partial charge is 0.311 e. The second-order valence-corrected chi connectivity index (χ2v) is 22.0. The van der Waals surface area contributed by atoms with E-state index in [0.717, 1.165) is 0 Å². The van der Waals surface area contributed by atoms with E-state index in [0.29, 0.717) is 0 Å². The van der Waals surface area contributed by atoms with Crippen molar-refractivity contribution in [2.24, 2.45) is 0 Å². The molecule has 3 heteroatoms. The van der Waals surface area contributed by atoms with Crippen molar-refractivity contribution in [1.29, 1.82) is 0 Å². The fraction of sp³-hybridized carbons (Fsp3) is 0.444. The second-order valence-electron chi connectivity index (χ2n) is 22.0. The molecule has 9 rings (SSSR count). The highest BCUT2D eigenvalue weighted by Gasteiger charge is 2.45. The van der Waals surface area contributed by atoms with Crippen LogP contribution in [0.2, 0.25) is 0 Å². The summed E-state index contributed by atoms with van der Waals surface area (Å²) in [5.74, 6) is 0. The molecule has 2 heterocycles. The average molecular weight is 753 g/mol. The zero-order chi connectivity index (χ0) is 40.4. The maximum atomic E-state index is 2.80. The van der Waals surface area contributed by atoms with Gasteiger partial charge < -0.3 is 9.80 Å². The van der Waals surface area contributed by atoms with Crippen LogP contribution in [0.4, 0.5) is 34.1 Å². The number of hydrogen-bond donors (Lipinski definition) is 0. The van der Waals surface area contributed by atoms with E-state index < -0.39 is 0 Å². The van der Waals surface area contributed by atoms with Crippen LogP contribution in [-0.2, 0) is 47.3 Å². The number of fused-ring (bicyclic) bond motifs is 6. The molecule has 0 N–H and O–H groups in total. The summed E-state index contributed by atoms with van der Waals surface area (Å²) in [5.41, 5.74) is 24.5. The van der Waals surface area contributed by atoms with Gasteiger partial charge in [0, 0.05) is 28.4 Å². The first-order valence-electron chi connectivity index (χ1n) is 22.2. The lowest BCUT2D eigenvalue weighted by Crippen LogP contribution is -2.61. The molecule has 0 saturated carbocycles. The zero-order valence-electron chi connectivity index (χ0n) is 37.1. The fourth-order valence-corrected chi connectivity index (χ4v) is 10.4. The van der Waals surface area contributed by atoms with Crippen molar-refractivity contribution in [3.05, 3.63) is 123 Å². The van der Waals surface area contributed by atoms with Gasteiger partial charge in [0.05, 0.1) is 5.69 Å². The maximum absolute atomic E-state index is 2.80. The van der Waals surface area contributed by atoms with Gasteiger partial charge in [-0.2, -0.15) is 0 Å². The van der Waals surface area contributed by atoms with Gasteiger partial charge in [-0.15, -0.1) is 0 Å². The molecule has 0 atom stereocenters. The number of aryl methyl sites for hydroxylation is 2. The van der Waals surface area contributed by atoms with E-state index >= 15 is 0 Å². The van der Waals surface area contributed by atoms with Crippen LogP contribution in [0.15, 0.2) is 78.9 Å². The molecule has 0 aromatic heterocycles. The van der Waals surface area contributed by atoms with Crippen LogP contribution in [0.25, 0.3) is 0 Å². The highest BCUT2D eigenvalue weighted by molar-refractivity contribution is 7.00. The van der Waals surface area contributed by atoms with E-state index in [1.165, 1.54) is 124 Å². The van der Waals surface area contributed by atoms with Gasteiger partial charge in [0.15, 0.2) is 0 Å². The molecule has 0 amide bonds. The third kappa shape index (κ3) is 6.38. The molecule has 2 nitrogen and oxygen atoms in total. The molecular formula is C54H65BN2. The minimum Gasteiger partial charge on any atom is -0.311 e. The van der Waals surface area contributed by atoms with E-state index in [1.807, 2.05) is 0 Å². The molecule has 0 spiro atoms. The Hall–Kier alpha value is -4.24. The lowest BCUT2D eigenvalue weighted by atomic mass is 9.33. The van der Waals surface area contributed by atoms with Crippen LogP contribution in [0.3, 0.4) is 0 Å². The minimum atomic E-state index is 0.00648. The summed E-state index contributed by atoms with van der Waals surface area (Å²) < 4.78 is 0. The van der Waals surface area contributed by atoms with Crippen LogP contribution in [-0.4, -0.2) is 6.71 Å². The van der Waals surface area contributed by atoms with Gasteiger partial charge in [0.1, 0.15) is 0 Å². The summed E-state index contributed by atoms with van der Waals surface area (Å²) in [4.78, 5) is 5.46. The Kier molecular flexibility index (Phi) is 8.83. The maximum Gasteiger partial charge on any atom is 0.252 e. The Morgan fingerprint density at radius 1 is 0.421 bits per heavy atom. The fourth-order valence-electron chi connectivity index (χ4n) is 10.4. The van der Waals surface area contributed by atoms with Gasteiger partial charge >= 0.3 is 0 Å². The number of rotatable bonds is 2. The minimum absolute atomic E-state index is 0.00648. The Bertz CT molecular complexity index is 2350. The molecule has 5 aromatic rings. The van der Waals surface area contributed by atoms with Crippen LogP contribution in [0.1, 0.15) is 153 Å². The second kappa shape index (κ2) is 13.1. The number of hydrogen-bond acceptors (Lipinski definition) is 2. The van der Waals surface area contributed by atoms with Crippen LogP contribution in [0.5, 0.6) is 0 Å². The SMILES string of the molecule is CC(C)(C)c1cc(N2c3cc(C(C)(C)C)ccc3B3c4ccc(C(C)(C)C)cc4N(c4c5c(cc6c4CCCC6)CCCC5)c4cccc2c43)cc(C(C)(C)C)c1. The Morgan fingerprint density at radius 2 is 0.860 bits per heavy atom. The van der Waals surface area contributed by atoms with Crippen molar-refractivity contribution in [3.8, 4) is 0 Å². The summed E-state index contributed by atoms with van der Waals surface area (Å²) >= 11 is 0. The number of nitrogens with zero attached hydrogens (tertiary/aromatic N) is 2. The third-order valence-corrected chi connectivity index (χ3v) is 13.8. The van der Waals surface area contributed by atoms with Gasteiger partial charge in [-0.05, 0) is 170 Å². The first-order chi connectivity index (χ1) is 26.8. The van der Waals surface area contributed by atoms with Gasteiger partial charge in [-0.25, -0.2) is 0 Å². The zero-order valence-corrected chi connectivity index (χ0v) is 37.1. The van der Waals surface area contributed by atoms with Gasteiger partial charge in [0.2, 0.25) is 0 Å². The van der Waals surface area contributed by atoms with E-state index in [4.69, 9.17) is 0 Å². The van der Waals surface area contributed by atoms with Crippen molar-refractivity contribution < 1.29 is 0 Å². The third-order valence-electron chi connectivity index (χ3n) is 13.8. The quantitative estimate of drug-likeness (QED) is 0.162. The van der Waals surface area contributed by atoms with Crippen LogP contribution in [0, 0.1) is 0 Å². The van der Waals surface area contributed by atoms with Crippen molar-refractivity contribution in [3.63, 3.8) is 0 Å². The van der Waals surface area contributed by atoms with Gasteiger partial charge in [-0.3, -0.25) is 0 Å². The van der Waals surface area contributed by atoms with Crippen molar-refractivity contribution in [1.82, 2.24) is 0 Å². The normalized spacial score (nSPS) is 16.5. The summed E-state index contributed by atoms with van der Waals surface area (Å²) in [6.07, 6.45) is 9.87. The number of benzene rings is 5. The smallest absolute Gasteiger partial charge is 0.252 e. The number of anilines is 6. The highest BCUT2D eigenvalue weighted by Crippen LogP contribution is 2.50. The molecule has 5 aromatic carbocycles. The summed E-state index contributed by atoms with van der Waals surface area (Å²) in [6.45, 7) is 28.5. The molecule has 2 aliphatic heterocycles. The lowest BCUT2D eigenvalue weighted by molar-refractivity contribution is 0.569. The summed E-state index contributed by atoms with van der Waals surface area (Å²) in [5, 5.41) is 0. The average Bonchev–Trinajstić information content (AvgIpc) is 3.15. The molecule has 0 fully saturated rings. The molecule has 2 aliphatic carbocycles. The standard InChI is InChI=1S/C54H65BN2/c1-51(2,3)36-24-26-43-47(32-36)56(40-30-38(53(7,8)9)29-39(31-40)54(10,11)12)45-22-17-23-46-49(45)55(43)44-27-25-37(52(4,5)6)33-48(44)57(46)50-41-20-15-13-18-34(41)28-35-19-14-16-21-42(35)50/h17,22-33H,13-16,18-21H2,1-12H3. The van der Waals surface area contributed by atoms with Gasteiger partial charge in [0.25, 0.3) is 6.71 Å². The van der Waals surface area contributed by atoms with E-state index in [9.17, 15) is 0 Å². The monoisotopic (exact) mass is 753 g/mol. The Labute approximate surface area is 345 Å². The summed E-state index contributed by atoms with van der Waals surface area (Å²) in [7, 11) is 0. The predicted molar refractivity (Wildman–Crippen MR) is 249 cm³/mol. The molecule has 0 unspecified atom stereocenters. The van der Waals surface area contributed by atoms with Crippen LogP contribution >= 0.6 is 0 Å². The topological polar surface area (TPSA) is 6.48 Å². The lowest BCUT2D eigenvalue weighted by Gasteiger charge is -2.46. The van der Waals surface area contributed by atoms with E-state index in [2.05, 4.69) is 172 Å². The van der Waals surface area contributed by atoms with Crippen molar-refractivity contribution in [2.75, 3.05) is 9.80 Å². The molecular weight excluding hydrogens is 687 g/mol.